The molecule has 1 rings (SSSR count). The predicted octanol–water partition coefficient (Wildman–Crippen LogP) is 0.601. The van der Waals surface area contributed by atoms with Crippen LogP contribution in [0.25, 0.3) is 0 Å². The molecule has 5 nitrogen and oxygen atoms in total. The average Bonchev–Trinajstić information content (AvgIpc) is 2.63. The zero-order valence-electron chi connectivity index (χ0n) is 7.63. The van der Waals surface area contributed by atoms with Gasteiger partial charge in [0.25, 0.3) is 0 Å². The highest BCUT2D eigenvalue weighted by Gasteiger charge is 2.35. The topological polar surface area (TPSA) is 81.0 Å². The molecule has 0 aliphatic rings. The molecule has 0 fully saturated rings. The Morgan fingerprint density at radius 3 is 2.67 bits per heavy atom. The lowest BCUT2D eigenvalue weighted by Gasteiger charge is -2.05. The number of halogens is 3. The van der Waals surface area contributed by atoms with Gasteiger partial charge in [0, 0.05) is 0 Å². The van der Waals surface area contributed by atoms with Crippen LogP contribution in [0.1, 0.15) is 17.4 Å². The quantitative estimate of drug-likeness (QED) is 0.719. The van der Waals surface area contributed by atoms with Crippen LogP contribution in [-0.4, -0.2) is 23.3 Å². The van der Waals surface area contributed by atoms with Crippen molar-refractivity contribution in [2.24, 2.45) is 5.73 Å². The number of aromatic amines is 1. The summed E-state index contributed by atoms with van der Waals surface area (Å²) in [7, 11) is 1.09. The highest BCUT2D eigenvalue weighted by atomic mass is 19.4. The molecule has 3 N–H and O–H groups in total. The Kier molecular flexibility index (Phi) is 2.98. The predicted molar refractivity (Wildman–Crippen MR) is 42.5 cm³/mol. The van der Waals surface area contributed by atoms with Crippen LogP contribution in [0.5, 0.6) is 0 Å². The molecule has 1 unspecified atom stereocenters. The van der Waals surface area contributed by atoms with Crippen molar-refractivity contribution in [2.45, 2.75) is 12.2 Å². The van der Waals surface area contributed by atoms with Gasteiger partial charge in [0.1, 0.15) is 6.04 Å². The number of nitrogens with one attached hydrogen (secondary N) is 1. The normalized spacial score (nSPS) is 13.7. The molecule has 0 bridgehead atoms. The summed E-state index contributed by atoms with van der Waals surface area (Å²) in [5.74, 6) is -0.840. The van der Waals surface area contributed by atoms with Crippen molar-refractivity contribution in [1.82, 2.24) is 10.2 Å². The summed E-state index contributed by atoms with van der Waals surface area (Å²) in [5.41, 5.74) is 4.02. The van der Waals surface area contributed by atoms with E-state index in [1.165, 1.54) is 0 Å². The third-order valence-electron chi connectivity index (χ3n) is 1.68. The van der Waals surface area contributed by atoms with E-state index in [-0.39, 0.29) is 5.69 Å². The van der Waals surface area contributed by atoms with Crippen LogP contribution in [0.2, 0.25) is 0 Å². The van der Waals surface area contributed by atoms with E-state index in [9.17, 15) is 18.0 Å². The van der Waals surface area contributed by atoms with E-state index >= 15 is 0 Å². The molecule has 1 heterocycles. The number of nitrogens with two attached hydrogens (primary N) is 1. The minimum Gasteiger partial charge on any atom is -0.468 e. The molecule has 0 aliphatic heterocycles. The number of alkyl halides is 3. The van der Waals surface area contributed by atoms with Gasteiger partial charge in [-0.1, -0.05) is 0 Å². The number of rotatable bonds is 2. The molecule has 0 saturated heterocycles. The number of hydrogen-bond donors (Lipinski definition) is 2. The maximum absolute atomic E-state index is 12.1. The summed E-state index contributed by atoms with van der Waals surface area (Å²) in [6.45, 7) is 0. The van der Waals surface area contributed by atoms with Gasteiger partial charge in [-0.15, -0.1) is 0 Å². The van der Waals surface area contributed by atoms with E-state index in [0.717, 1.165) is 7.11 Å². The van der Waals surface area contributed by atoms with Gasteiger partial charge in [-0.3, -0.25) is 5.10 Å². The van der Waals surface area contributed by atoms with E-state index in [1.807, 2.05) is 5.10 Å². The Morgan fingerprint density at radius 2 is 2.27 bits per heavy atom. The molecule has 84 valence electrons. The minimum atomic E-state index is -4.56. The molecule has 0 saturated carbocycles. The second-order valence-electron chi connectivity index (χ2n) is 2.71. The second-order valence-corrected chi connectivity index (χ2v) is 2.71. The number of hydrogen-bond acceptors (Lipinski definition) is 4. The Morgan fingerprint density at radius 1 is 1.67 bits per heavy atom. The van der Waals surface area contributed by atoms with Crippen LogP contribution in [0.3, 0.4) is 0 Å². The van der Waals surface area contributed by atoms with Crippen LogP contribution < -0.4 is 5.73 Å². The maximum Gasteiger partial charge on any atom is 0.435 e. The van der Waals surface area contributed by atoms with Crippen LogP contribution in [0, 0.1) is 0 Å². The van der Waals surface area contributed by atoms with Gasteiger partial charge in [0.05, 0.1) is 12.8 Å². The highest BCUT2D eigenvalue weighted by molar-refractivity contribution is 5.76. The molecular formula is C7H8F3N3O2. The Hall–Kier alpha value is -1.57. The molecular weight excluding hydrogens is 215 g/mol. The lowest BCUT2D eigenvalue weighted by Crippen LogP contribution is -2.22. The highest BCUT2D eigenvalue weighted by Crippen LogP contribution is 2.28. The zero-order chi connectivity index (χ0) is 11.6. The number of aromatic nitrogens is 2. The molecule has 8 heteroatoms. The van der Waals surface area contributed by atoms with Crippen molar-refractivity contribution in [2.75, 3.05) is 7.11 Å². The molecule has 0 spiro atoms. The number of nitrogens with zero attached hydrogens (tertiary/aromatic N) is 1. The molecule has 15 heavy (non-hydrogen) atoms. The monoisotopic (exact) mass is 223 g/mol. The van der Waals surface area contributed by atoms with E-state index in [0.29, 0.717) is 6.07 Å². The third kappa shape index (κ3) is 2.46. The first-order chi connectivity index (χ1) is 6.86. The van der Waals surface area contributed by atoms with Gasteiger partial charge in [-0.05, 0) is 6.07 Å². The second kappa shape index (κ2) is 3.89. The molecule has 0 aliphatic carbocycles. The number of methoxy groups -OCH3 is 1. The maximum atomic E-state index is 12.1. The van der Waals surface area contributed by atoms with Crippen molar-refractivity contribution < 1.29 is 22.7 Å². The van der Waals surface area contributed by atoms with E-state index < -0.39 is 23.9 Å². The van der Waals surface area contributed by atoms with Gasteiger partial charge < -0.3 is 10.5 Å². The first kappa shape index (κ1) is 11.5. The summed E-state index contributed by atoms with van der Waals surface area (Å²) in [4.78, 5) is 10.9. The van der Waals surface area contributed by atoms with Crippen molar-refractivity contribution >= 4 is 5.97 Å². The number of esters is 1. The zero-order valence-corrected chi connectivity index (χ0v) is 7.63. The summed E-state index contributed by atoms with van der Waals surface area (Å²) in [6, 6.07) is -0.625. The minimum absolute atomic E-state index is 0.144. The summed E-state index contributed by atoms with van der Waals surface area (Å²) in [6.07, 6.45) is -4.56. The standard InChI is InChI=1S/C7H8F3N3O2/c1-15-6(14)5(11)3-2-4(13-12-3)7(8,9)10/h2,5H,11H2,1H3,(H,12,13). The fourth-order valence-corrected chi connectivity index (χ4v) is 0.895. The van der Waals surface area contributed by atoms with E-state index in [2.05, 4.69) is 9.84 Å². The van der Waals surface area contributed by atoms with Gasteiger partial charge in [0.2, 0.25) is 0 Å². The number of H-pyrrole nitrogens is 1. The van der Waals surface area contributed by atoms with Crippen molar-refractivity contribution in [3.63, 3.8) is 0 Å². The SMILES string of the molecule is COC(=O)C(N)c1cc(C(F)(F)F)n[nH]1. The summed E-state index contributed by atoms with van der Waals surface area (Å²) >= 11 is 0. The first-order valence-corrected chi connectivity index (χ1v) is 3.82. The van der Waals surface area contributed by atoms with Crippen LogP contribution in [0.15, 0.2) is 6.07 Å². The van der Waals surface area contributed by atoms with Gasteiger partial charge in [-0.2, -0.15) is 18.3 Å². The largest absolute Gasteiger partial charge is 0.468 e. The van der Waals surface area contributed by atoms with E-state index in [4.69, 9.17) is 5.73 Å². The molecule has 0 amide bonds. The van der Waals surface area contributed by atoms with Crippen LogP contribution in [-0.2, 0) is 15.7 Å². The Bertz CT molecular complexity index is 361. The number of carbonyl (C=O) groups excluding carboxylic acids is 1. The molecule has 0 aromatic carbocycles. The van der Waals surface area contributed by atoms with Crippen molar-refractivity contribution in [3.8, 4) is 0 Å². The lowest BCUT2D eigenvalue weighted by molar-refractivity contribution is -0.143. The third-order valence-corrected chi connectivity index (χ3v) is 1.68. The fraction of sp³-hybridized carbons (Fsp3) is 0.429. The average molecular weight is 223 g/mol. The fourth-order valence-electron chi connectivity index (χ4n) is 0.895. The summed E-state index contributed by atoms with van der Waals surface area (Å²) in [5, 5.41) is 5.02. The van der Waals surface area contributed by atoms with Crippen LogP contribution in [0.4, 0.5) is 13.2 Å². The van der Waals surface area contributed by atoms with Gasteiger partial charge >= 0.3 is 12.1 Å². The Balaban J connectivity index is 2.89. The Labute approximate surface area is 82.4 Å². The van der Waals surface area contributed by atoms with Crippen molar-refractivity contribution in [1.29, 1.82) is 0 Å². The molecule has 1 atom stereocenters. The molecule has 1 aromatic rings. The van der Waals surface area contributed by atoms with Crippen molar-refractivity contribution in [3.05, 3.63) is 17.5 Å². The summed E-state index contributed by atoms with van der Waals surface area (Å²) < 4.78 is 40.6. The smallest absolute Gasteiger partial charge is 0.435 e. The lowest BCUT2D eigenvalue weighted by atomic mass is 10.2. The van der Waals surface area contributed by atoms with Crippen LogP contribution >= 0.6 is 0 Å². The van der Waals surface area contributed by atoms with Gasteiger partial charge in [-0.25, -0.2) is 4.79 Å². The number of ether oxygens (including phenoxy) is 1. The first-order valence-electron chi connectivity index (χ1n) is 3.82. The molecule has 1 aromatic heterocycles. The van der Waals surface area contributed by atoms with E-state index in [1.54, 1.807) is 0 Å². The van der Waals surface area contributed by atoms with Gasteiger partial charge in [0.15, 0.2) is 5.69 Å². The number of carbonyl (C=O) groups is 1. The molecule has 0 radical (unpaired) electrons.